The molecular formula is C11H18N6. The van der Waals surface area contributed by atoms with Gasteiger partial charge in [-0.15, -0.1) is 10.2 Å². The lowest BCUT2D eigenvalue weighted by Crippen LogP contribution is -2.19. The van der Waals surface area contributed by atoms with E-state index in [9.17, 15) is 0 Å². The van der Waals surface area contributed by atoms with Gasteiger partial charge in [-0.1, -0.05) is 0 Å². The molecule has 0 aliphatic carbocycles. The summed E-state index contributed by atoms with van der Waals surface area (Å²) < 4.78 is 3.79. The Morgan fingerprint density at radius 3 is 2.53 bits per heavy atom. The second-order valence-corrected chi connectivity index (χ2v) is 4.49. The van der Waals surface area contributed by atoms with Crippen LogP contribution in [0.3, 0.4) is 0 Å². The first kappa shape index (κ1) is 11.8. The van der Waals surface area contributed by atoms with Gasteiger partial charge < -0.3 is 10.3 Å². The number of aryl methyl sites for hydroxylation is 2. The molecule has 0 amide bonds. The Labute approximate surface area is 100 Å². The number of nitrogens with zero attached hydrogens (tertiary/aromatic N) is 5. The van der Waals surface area contributed by atoms with Gasteiger partial charge in [0.05, 0.1) is 12.2 Å². The molecule has 6 heteroatoms. The van der Waals surface area contributed by atoms with Crippen molar-refractivity contribution >= 4 is 0 Å². The summed E-state index contributed by atoms with van der Waals surface area (Å²) in [6.45, 7) is 6.12. The predicted molar refractivity (Wildman–Crippen MR) is 64.4 cm³/mol. The maximum absolute atomic E-state index is 6.20. The summed E-state index contributed by atoms with van der Waals surface area (Å²) in [4.78, 5) is 0. The molecule has 2 N–H and O–H groups in total. The van der Waals surface area contributed by atoms with Gasteiger partial charge in [-0.25, -0.2) is 0 Å². The first-order valence-electron chi connectivity index (χ1n) is 5.66. The van der Waals surface area contributed by atoms with Crippen molar-refractivity contribution in [1.82, 2.24) is 24.5 Å². The molecule has 0 spiro atoms. The SMILES string of the molecule is Cc1nnc(C(N)c2cnn(C)c2)n1C(C)C. The fourth-order valence-electron chi connectivity index (χ4n) is 1.99. The molecule has 0 saturated heterocycles. The van der Waals surface area contributed by atoms with Crippen molar-refractivity contribution in [3.63, 3.8) is 0 Å². The van der Waals surface area contributed by atoms with E-state index in [2.05, 4.69) is 33.7 Å². The molecule has 0 bridgehead atoms. The van der Waals surface area contributed by atoms with E-state index >= 15 is 0 Å². The van der Waals surface area contributed by atoms with Crippen molar-refractivity contribution in [2.24, 2.45) is 12.8 Å². The van der Waals surface area contributed by atoms with Gasteiger partial charge in [0, 0.05) is 24.8 Å². The van der Waals surface area contributed by atoms with Crippen LogP contribution in [0.15, 0.2) is 12.4 Å². The van der Waals surface area contributed by atoms with Crippen LogP contribution in [0.1, 0.15) is 43.1 Å². The molecular weight excluding hydrogens is 216 g/mol. The Balaban J connectivity index is 2.40. The lowest BCUT2D eigenvalue weighted by molar-refractivity contribution is 0.540. The number of rotatable bonds is 3. The highest BCUT2D eigenvalue weighted by Gasteiger charge is 2.20. The van der Waals surface area contributed by atoms with Crippen molar-refractivity contribution in [3.05, 3.63) is 29.6 Å². The fourth-order valence-corrected chi connectivity index (χ4v) is 1.99. The summed E-state index contributed by atoms with van der Waals surface area (Å²) in [6.07, 6.45) is 3.67. The molecule has 2 heterocycles. The molecule has 1 atom stereocenters. The molecule has 1 unspecified atom stereocenters. The van der Waals surface area contributed by atoms with E-state index in [0.29, 0.717) is 6.04 Å². The summed E-state index contributed by atoms with van der Waals surface area (Å²) in [6, 6.07) is 0.00928. The van der Waals surface area contributed by atoms with Gasteiger partial charge in [-0.3, -0.25) is 4.68 Å². The lowest BCUT2D eigenvalue weighted by atomic mass is 10.1. The summed E-state index contributed by atoms with van der Waals surface area (Å²) in [5, 5.41) is 12.4. The van der Waals surface area contributed by atoms with Gasteiger partial charge >= 0.3 is 0 Å². The van der Waals surface area contributed by atoms with E-state index in [4.69, 9.17) is 5.73 Å². The third kappa shape index (κ3) is 2.08. The molecule has 17 heavy (non-hydrogen) atoms. The van der Waals surface area contributed by atoms with E-state index in [1.807, 2.05) is 20.2 Å². The zero-order chi connectivity index (χ0) is 12.6. The first-order chi connectivity index (χ1) is 8.00. The summed E-state index contributed by atoms with van der Waals surface area (Å²) in [5.41, 5.74) is 7.15. The molecule has 6 nitrogen and oxygen atoms in total. The summed E-state index contributed by atoms with van der Waals surface area (Å²) in [5.74, 6) is 1.67. The standard InChI is InChI=1S/C11H18N6/c1-7(2)17-8(3)14-15-11(17)10(12)9-5-13-16(4)6-9/h5-7,10H,12H2,1-4H3. The quantitative estimate of drug-likeness (QED) is 0.858. The molecule has 0 aromatic carbocycles. The van der Waals surface area contributed by atoms with Gasteiger partial charge in [0.15, 0.2) is 5.82 Å². The topological polar surface area (TPSA) is 74.6 Å². The van der Waals surface area contributed by atoms with Crippen LogP contribution in [0.5, 0.6) is 0 Å². The van der Waals surface area contributed by atoms with Gasteiger partial charge in [0.25, 0.3) is 0 Å². The third-order valence-electron chi connectivity index (χ3n) is 2.77. The smallest absolute Gasteiger partial charge is 0.154 e. The van der Waals surface area contributed by atoms with E-state index in [0.717, 1.165) is 17.2 Å². The molecule has 2 aromatic heterocycles. The van der Waals surface area contributed by atoms with Crippen molar-refractivity contribution < 1.29 is 0 Å². The summed E-state index contributed by atoms with van der Waals surface area (Å²) >= 11 is 0. The Hall–Kier alpha value is -1.69. The second-order valence-electron chi connectivity index (χ2n) is 4.49. The van der Waals surface area contributed by atoms with E-state index < -0.39 is 0 Å². The highest BCUT2D eigenvalue weighted by Crippen LogP contribution is 2.21. The molecule has 0 radical (unpaired) electrons. The van der Waals surface area contributed by atoms with Crippen LogP contribution >= 0.6 is 0 Å². The average molecular weight is 234 g/mol. The molecule has 2 rings (SSSR count). The molecule has 0 saturated carbocycles. The molecule has 0 aliphatic heterocycles. The Bertz CT molecular complexity index is 510. The van der Waals surface area contributed by atoms with Crippen LogP contribution in [0.4, 0.5) is 0 Å². The van der Waals surface area contributed by atoms with Crippen LogP contribution < -0.4 is 5.73 Å². The van der Waals surface area contributed by atoms with Gasteiger partial charge in [0.1, 0.15) is 5.82 Å². The Morgan fingerprint density at radius 1 is 1.29 bits per heavy atom. The third-order valence-corrected chi connectivity index (χ3v) is 2.77. The molecule has 2 aromatic rings. The normalized spacial score (nSPS) is 13.3. The number of aromatic nitrogens is 5. The van der Waals surface area contributed by atoms with Crippen LogP contribution in [-0.2, 0) is 7.05 Å². The monoisotopic (exact) mass is 234 g/mol. The van der Waals surface area contributed by atoms with Crippen LogP contribution in [0.25, 0.3) is 0 Å². The van der Waals surface area contributed by atoms with E-state index in [-0.39, 0.29) is 6.04 Å². The maximum Gasteiger partial charge on any atom is 0.154 e. The van der Waals surface area contributed by atoms with Crippen molar-refractivity contribution in [2.75, 3.05) is 0 Å². The van der Waals surface area contributed by atoms with Crippen molar-refractivity contribution in [2.45, 2.75) is 32.9 Å². The van der Waals surface area contributed by atoms with Gasteiger partial charge in [-0.05, 0) is 20.8 Å². The van der Waals surface area contributed by atoms with Gasteiger partial charge in [-0.2, -0.15) is 5.10 Å². The Morgan fingerprint density at radius 2 is 2.00 bits per heavy atom. The highest BCUT2D eigenvalue weighted by molar-refractivity contribution is 5.19. The lowest BCUT2D eigenvalue weighted by Gasteiger charge is -2.15. The largest absolute Gasteiger partial charge is 0.318 e. The van der Waals surface area contributed by atoms with Crippen LogP contribution in [0, 0.1) is 6.92 Å². The van der Waals surface area contributed by atoms with Crippen molar-refractivity contribution in [3.8, 4) is 0 Å². The minimum absolute atomic E-state index is 0.285. The minimum Gasteiger partial charge on any atom is -0.318 e. The minimum atomic E-state index is -0.285. The van der Waals surface area contributed by atoms with Crippen LogP contribution in [-0.4, -0.2) is 24.5 Å². The second kappa shape index (κ2) is 4.29. The fraction of sp³-hybridized carbons (Fsp3) is 0.545. The predicted octanol–water partition coefficient (Wildman–Crippen LogP) is 0.949. The first-order valence-corrected chi connectivity index (χ1v) is 5.66. The average Bonchev–Trinajstić information content (AvgIpc) is 2.83. The van der Waals surface area contributed by atoms with Crippen molar-refractivity contribution in [1.29, 1.82) is 0 Å². The zero-order valence-electron chi connectivity index (χ0n) is 10.6. The highest BCUT2D eigenvalue weighted by atomic mass is 15.3. The molecule has 0 aliphatic rings. The maximum atomic E-state index is 6.20. The van der Waals surface area contributed by atoms with Crippen LogP contribution in [0.2, 0.25) is 0 Å². The van der Waals surface area contributed by atoms with E-state index in [1.165, 1.54) is 0 Å². The molecule has 92 valence electrons. The summed E-state index contributed by atoms with van der Waals surface area (Å²) in [7, 11) is 1.87. The van der Waals surface area contributed by atoms with Gasteiger partial charge in [0.2, 0.25) is 0 Å². The number of hydrogen-bond acceptors (Lipinski definition) is 4. The molecule has 0 fully saturated rings. The zero-order valence-corrected chi connectivity index (χ0v) is 10.6. The number of nitrogens with two attached hydrogens (primary N) is 1. The number of hydrogen-bond donors (Lipinski definition) is 1. The van der Waals surface area contributed by atoms with E-state index in [1.54, 1.807) is 10.9 Å². The Kier molecular flexibility index (Phi) is 2.97.